The van der Waals surface area contributed by atoms with Crippen LogP contribution in [0.15, 0.2) is 102 Å². The second-order valence-electron chi connectivity index (χ2n) is 9.78. The molecule has 4 aromatic carbocycles. The fourth-order valence-electron chi connectivity index (χ4n) is 4.59. The van der Waals surface area contributed by atoms with Crippen molar-refractivity contribution in [1.82, 2.24) is 10.2 Å². The van der Waals surface area contributed by atoms with Crippen molar-refractivity contribution in [2.24, 2.45) is 0 Å². The zero-order chi connectivity index (χ0) is 31.9. The van der Waals surface area contributed by atoms with Gasteiger partial charge in [-0.2, -0.15) is 0 Å². The number of rotatable bonds is 12. The Balaban J connectivity index is 1.84. The molecule has 7 nitrogen and oxygen atoms in total. The van der Waals surface area contributed by atoms with Gasteiger partial charge in [0.15, 0.2) is 0 Å². The summed E-state index contributed by atoms with van der Waals surface area (Å²) in [7, 11) is -4.32. The van der Waals surface area contributed by atoms with Crippen LogP contribution >= 0.6 is 46.4 Å². The molecule has 0 heterocycles. The van der Waals surface area contributed by atoms with E-state index in [0.29, 0.717) is 17.1 Å². The number of nitrogens with zero attached hydrogens (tertiary/aromatic N) is 2. The molecular formula is C32H29Cl4N3O4S. The van der Waals surface area contributed by atoms with Crippen LogP contribution in [0.25, 0.3) is 0 Å². The molecule has 1 atom stereocenters. The molecule has 0 spiro atoms. The molecule has 4 rings (SSSR count). The third-order valence-corrected chi connectivity index (χ3v) is 9.68. The van der Waals surface area contributed by atoms with E-state index in [1.807, 2.05) is 30.3 Å². The largest absolute Gasteiger partial charge is 0.355 e. The van der Waals surface area contributed by atoms with Gasteiger partial charge in [0, 0.05) is 34.6 Å². The van der Waals surface area contributed by atoms with Gasteiger partial charge in [-0.25, -0.2) is 8.42 Å². The lowest BCUT2D eigenvalue weighted by molar-refractivity contribution is -0.140. The van der Waals surface area contributed by atoms with Gasteiger partial charge in [0.25, 0.3) is 10.0 Å². The molecule has 0 bridgehead atoms. The number of sulfonamides is 1. The molecule has 0 saturated heterocycles. The normalized spacial score (nSPS) is 11.9. The lowest BCUT2D eigenvalue weighted by Crippen LogP contribution is -2.53. The summed E-state index contributed by atoms with van der Waals surface area (Å²) in [6.45, 7) is 1.30. The van der Waals surface area contributed by atoms with Crippen molar-refractivity contribution < 1.29 is 18.0 Å². The molecule has 1 N–H and O–H groups in total. The standard InChI is InChI=1S/C32H29Cl4N3O4S/c1-2-37-32(41)30(17-22-9-5-3-6-10-22)38(20-23-13-14-24(33)18-28(23)36)31(40)21-39(29-19-25(34)15-16-27(29)35)44(42,43)26-11-7-4-8-12-26/h3-16,18-19,30H,2,17,20-21H2,1H3,(H,37,41). The predicted octanol–water partition coefficient (Wildman–Crippen LogP) is 7.27. The van der Waals surface area contributed by atoms with Gasteiger partial charge < -0.3 is 10.2 Å². The van der Waals surface area contributed by atoms with Gasteiger partial charge in [-0.1, -0.05) is 101 Å². The number of anilines is 1. The summed E-state index contributed by atoms with van der Waals surface area (Å²) in [5.74, 6) is -1.08. The fraction of sp³-hybridized carbons (Fsp3) is 0.188. The summed E-state index contributed by atoms with van der Waals surface area (Å²) in [5.41, 5.74) is 1.33. The summed E-state index contributed by atoms with van der Waals surface area (Å²) in [6, 6.07) is 25.0. The Morgan fingerprint density at radius 1 is 0.795 bits per heavy atom. The van der Waals surface area contributed by atoms with Crippen LogP contribution in [0.3, 0.4) is 0 Å². The van der Waals surface area contributed by atoms with Gasteiger partial charge in [0.05, 0.1) is 15.6 Å². The third-order valence-electron chi connectivity index (χ3n) is 6.76. The molecule has 230 valence electrons. The summed E-state index contributed by atoms with van der Waals surface area (Å²) in [5, 5.41) is 3.79. The van der Waals surface area contributed by atoms with E-state index < -0.39 is 34.4 Å². The second kappa shape index (κ2) is 15.1. The molecular weight excluding hydrogens is 664 g/mol. The number of likely N-dealkylation sites (N-methyl/N-ethyl adjacent to an activating group) is 1. The van der Waals surface area contributed by atoms with Crippen LogP contribution in [0.5, 0.6) is 0 Å². The Kier molecular flexibility index (Phi) is 11.6. The predicted molar refractivity (Wildman–Crippen MR) is 177 cm³/mol. The van der Waals surface area contributed by atoms with Crippen molar-refractivity contribution in [2.75, 3.05) is 17.4 Å². The van der Waals surface area contributed by atoms with Crippen LogP contribution in [0.1, 0.15) is 18.1 Å². The van der Waals surface area contributed by atoms with Crippen molar-refractivity contribution in [3.63, 3.8) is 0 Å². The van der Waals surface area contributed by atoms with Crippen molar-refractivity contribution in [3.05, 3.63) is 128 Å². The maximum absolute atomic E-state index is 14.4. The molecule has 1 unspecified atom stereocenters. The van der Waals surface area contributed by atoms with Crippen molar-refractivity contribution in [3.8, 4) is 0 Å². The van der Waals surface area contributed by atoms with Crippen LogP contribution < -0.4 is 9.62 Å². The van der Waals surface area contributed by atoms with E-state index in [9.17, 15) is 18.0 Å². The third kappa shape index (κ3) is 8.25. The first-order valence-corrected chi connectivity index (χ1v) is 16.5. The highest BCUT2D eigenvalue weighted by Gasteiger charge is 2.35. The van der Waals surface area contributed by atoms with Gasteiger partial charge in [-0.3, -0.25) is 13.9 Å². The monoisotopic (exact) mass is 691 g/mol. The Morgan fingerprint density at radius 2 is 1.41 bits per heavy atom. The number of hydrogen-bond donors (Lipinski definition) is 1. The van der Waals surface area contributed by atoms with Crippen molar-refractivity contribution in [2.45, 2.75) is 30.8 Å². The van der Waals surface area contributed by atoms with E-state index in [1.165, 1.54) is 41.3 Å². The van der Waals surface area contributed by atoms with Gasteiger partial charge in [-0.05, 0) is 60.5 Å². The first kappa shape index (κ1) is 33.6. The van der Waals surface area contributed by atoms with E-state index in [0.717, 1.165) is 9.87 Å². The Morgan fingerprint density at radius 3 is 2.05 bits per heavy atom. The highest BCUT2D eigenvalue weighted by atomic mass is 35.5. The lowest BCUT2D eigenvalue weighted by Gasteiger charge is -2.34. The molecule has 0 aliphatic heterocycles. The molecule has 0 fully saturated rings. The van der Waals surface area contributed by atoms with E-state index >= 15 is 0 Å². The first-order chi connectivity index (χ1) is 21.0. The summed E-state index contributed by atoms with van der Waals surface area (Å²) >= 11 is 25.4. The number of benzene rings is 4. The number of carbonyl (C=O) groups excluding carboxylic acids is 2. The minimum absolute atomic E-state index is 0.0125. The zero-order valence-electron chi connectivity index (χ0n) is 23.6. The molecule has 0 aromatic heterocycles. The number of nitrogens with one attached hydrogen (secondary N) is 1. The van der Waals surface area contributed by atoms with E-state index in [-0.39, 0.29) is 38.6 Å². The molecule has 0 saturated carbocycles. The zero-order valence-corrected chi connectivity index (χ0v) is 27.4. The van der Waals surface area contributed by atoms with Crippen molar-refractivity contribution in [1.29, 1.82) is 0 Å². The van der Waals surface area contributed by atoms with Crippen LogP contribution in [0.4, 0.5) is 5.69 Å². The smallest absolute Gasteiger partial charge is 0.264 e. The van der Waals surface area contributed by atoms with E-state index in [4.69, 9.17) is 46.4 Å². The minimum atomic E-state index is -4.32. The number of hydrogen-bond acceptors (Lipinski definition) is 4. The first-order valence-electron chi connectivity index (χ1n) is 13.6. The number of amides is 2. The fourth-order valence-corrected chi connectivity index (χ4v) is 6.94. The molecule has 0 aliphatic rings. The molecule has 2 amide bonds. The van der Waals surface area contributed by atoms with Gasteiger partial charge >= 0.3 is 0 Å². The second-order valence-corrected chi connectivity index (χ2v) is 13.3. The Labute approximate surface area is 277 Å². The molecule has 0 radical (unpaired) electrons. The molecule has 4 aromatic rings. The average Bonchev–Trinajstić information content (AvgIpc) is 3.01. The van der Waals surface area contributed by atoms with E-state index in [2.05, 4.69) is 5.32 Å². The topological polar surface area (TPSA) is 86.8 Å². The average molecular weight is 693 g/mol. The van der Waals surface area contributed by atoms with Crippen LogP contribution in [0.2, 0.25) is 20.1 Å². The van der Waals surface area contributed by atoms with Gasteiger partial charge in [0.2, 0.25) is 11.8 Å². The maximum Gasteiger partial charge on any atom is 0.264 e. The lowest BCUT2D eigenvalue weighted by atomic mass is 10.0. The van der Waals surface area contributed by atoms with Crippen LogP contribution in [-0.2, 0) is 32.6 Å². The quantitative estimate of drug-likeness (QED) is 0.169. The highest BCUT2D eigenvalue weighted by Crippen LogP contribution is 2.33. The number of carbonyl (C=O) groups is 2. The van der Waals surface area contributed by atoms with Crippen molar-refractivity contribution >= 4 is 73.9 Å². The summed E-state index contributed by atoms with van der Waals surface area (Å²) in [4.78, 5) is 29.3. The van der Waals surface area contributed by atoms with Crippen LogP contribution in [0, 0.1) is 0 Å². The highest BCUT2D eigenvalue weighted by molar-refractivity contribution is 7.92. The molecule has 44 heavy (non-hydrogen) atoms. The minimum Gasteiger partial charge on any atom is -0.355 e. The van der Waals surface area contributed by atoms with Crippen LogP contribution in [-0.4, -0.2) is 44.3 Å². The van der Waals surface area contributed by atoms with Gasteiger partial charge in [0.1, 0.15) is 12.6 Å². The van der Waals surface area contributed by atoms with Gasteiger partial charge in [-0.15, -0.1) is 0 Å². The van der Waals surface area contributed by atoms with E-state index in [1.54, 1.807) is 37.3 Å². The Bertz CT molecular complexity index is 1720. The Hall–Kier alpha value is -3.27. The maximum atomic E-state index is 14.4. The SMILES string of the molecule is CCNC(=O)C(Cc1ccccc1)N(Cc1ccc(Cl)cc1Cl)C(=O)CN(c1cc(Cl)ccc1Cl)S(=O)(=O)c1ccccc1. The number of halogens is 4. The summed E-state index contributed by atoms with van der Waals surface area (Å²) < 4.78 is 29.0. The molecule has 12 heteroatoms. The molecule has 0 aliphatic carbocycles. The summed E-state index contributed by atoms with van der Waals surface area (Å²) in [6.07, 6.45) is 0.160.